The number of aromatic nitrogens is 5. The number of pyridine rings is 1. The van der Waals surface area contributed by atoms with Gasteiger partial charge in [-0.05, 0) is 43.7 Å². The maximum atomic E-state index is 12.6. The third-order valence-electron chi connectivity index (χ3n) is 4.63. The second-order valence-electron chi connectivity index (χ2n) is 6.40. The van der Waals surface area contributed by atoms with Crippen LogP contribution in [0.1, 0.15) is 24.4 Å². The molecule has 136 valence electrons. The summed E-state index contributed by atoms with van der Waals surface area (Å²) in [4.78, 5) is 25.6. The minimum absolute atomic E-state index is 0.0599. The van der Waals surface area contributed by atoms with E-state index in [1.165, 1.54) is 0 Å². The van der Waals surface area contributed by atoms with Crippen LogP contribution in [0.4, 0.5) is 0 Å². The smallest absolute Gasteiger partial charge is 0.243 e. The van der Waals surface area contributed by atoms with Crippen LogP contribution in [0.15, 0.2) is 61.3 Å². The fourth-order valence-corrected chi connectivity index (χ4v) is 3.07. The van der Waals surface area contributed by atoms with E-state index in [9.17, 15) is 4.79 Å². The molecule has 27 heavy (non-hydrogen) atoms. The van der Waals surface area contributed by atoms with Crippen molar-refractivity contribution in [1.82, 2.24) is 29.4 Å². The van der Waals surface area contributed by atoms with Crippen molar-refractivity contribution in [2.24, 2.45) is 0 Å². The summed E-state index contributed by atoms with van der Waals surface area (Å²) in [6.45, 7) is 4.22. The second kappa shape index (κ2) is 7.03. The van der Waals surface area contributed by atoms with Gasteiger partial charge in [0.25, 0.3) is 0 Å². The lowest BCUT2D eigenvalue weighted by molar-refractivity contribution is -0.123. The average molecular weight is 360 g/mol. The predicted octanol–water partition coefficient (Wildman–Crippen LogP) is 2.80. The van der Waals surface area contributed by atoms with Crippen LogP contribution < -0.4 is 5.32 Å². The molecule has 0 radical (unpaired) electrons. The molecule has 0 spiro atoms. The monoisotopic (exact) mass is 360 g/mol. The van der Waals surface area contributed by atoms with Crippen molar-refractivity contribution < 1.29 is 4.79 Å². The maximum Gasteiger partial charge on any atom is 0.243 e. The molecule has 1 aromatic carbocycles. The Kier molecular flexibility index (Phi) is 4.42. The highest BCUT2D eigenvalue weighted by atomic mass is 16.2. The Morgan fingerprint density at radius 3 is 2.81 bits per heavy atom. The van der Waals surface area contributed by atoms with Crippen molar-refractivity contribution in [3.05, 3.63) is 72.7 Å². The number of hydrogen-bond acceptors (Lipinski definition) is 4. The summed E-state index contributed by atoms with van der Waals surface area (Å²) >= 11 is 0. The predicted molar refractivity (Wildman–Crippen MR) is 102 cm³/mol. The molecular weight excluding hydrogens is 340 g/mol. The first-order valence-corrected chi connectivity index (χ1v) is 8.78. The Bertz CT molecular complexity index is 1100. The normalized spacial score (nSPS) is 12.2. The van der Waals surface area contributed by atoms with Crippen molar-refractivity contribution in [3.63, 3.8) is 0 Å². The molecule has 1 amide bonds. The lowest BCUT2D eigenvalue weighted by atomic mass is 10.2. The molecule has 0 unspecified atom stereocenters. The largest absolute Gasteiger partial charge is 0.350 e. The van der Waals surface area contributed by atoms with Crippen molar-refractivity contribution in [2.75, 3.05) is 0 Å². The number of nitrogens with one attached hydrogen (secondary N) is 1. The van der Waals surface area contributed by atoms with E-state index >= 15 is 0 Å². The van der Waals surface area contributed by atoms with Crippen LogP contribution in [0.3, 0.4) is 0 Å². The number of carbonyl (C=O) groups is 1. The average Bonchev–Trinajstić information content (AvgIpc) is 3.32. The van der Waals surface area contributed by atoms with Crippen molar-refractivity contribution in [2.45, 2.75) is 26.4 Å². The van der Waals surface area contributed by atoms with Gasteiger partial charge in [-0.3, -0.25) is 9.36 Å². The maximum absolute atomic E-state index is 12.6. The van der Waals surface area contributed by atoms with Crippen LogP contribution >= 0.6 is 0 Å². The van der Waals surface area contributed by atoms with Crippen LogP contribution in [0.5, 0.6) is 0 Å². The fraction of sp³-hybridized carbons (Fsp3) is 0.200. The van der Waals surface area contributed by atoms with E-state index in [1.54, 1.807) is 18.7 Å². The number of amides is 1. The Morgan fingerprint density at radius 2 is 2.00 bits per heavy atom. The first kappa shape index (κ1) is 17.0. The molecule has 0 aliphatic carbocycles. The van der Waals surface area contributed by atoms with E-state index in [1.807, 2.05) is 65.6 Å². The number of hydrogen-bond donors (Lipinski definition) is 1. The van der Waals surface area contributed by atoms with Crippen LogP contribution in [-0.4, -0.2) is 30.0 Å². The third kappa shape index (κ3) is 3.31. The molecule has 3 heterocycles. The minimum atomic E-state index is -0.352. The molecule has 1 N–H and O–H groups in total. The summed E-state index contributed by atoms with van der Waals surface area (Å²) in [5.74, 6) is 1.59. The quantitative estimate of drug-likeness (QED) is 0.594. The molecule has 7 nitrogen and oxygen atoms in total. The lowest BCUT2D eigenvalue weighted by Gasteiger charge is -2.15. The first-order chi connectivity index (χ1) is 13.1. The molecule has 0 saturated heterocycles. The molecule has 0 fully saturated rings. The summed E-state index contributed by atoms with van der Waals surface area (Å²) < 4.78 is 3.79. The van der Waals surface area contributed by atoms with Gasteiger partial charge in [-0.2, -0.15) is 0 Å². The molecule has 4 aromatic rings. The number of imidazole rings is 2. The van der Waals surface area contributed by atoms with Crippen molar-refractivity contribution >= 4 is 16.9 Å². The van der Waals surface area contributed by atoms with Gasteiger partial charge in [0.05, 0.1) is 17.4 Å². The number of aryl methyl sites for hydroxylation is 1. The van der Waals surface area contributed by atoms with Gasteiger partial charge in [-0.25, -0.2) is 15.0 Å². The summed E-state index contributed by atoms with van der Waals surface area (Å²) in [5.41, 5.74) is 2.80. The van der Waals surface area contributed by atoms with Crippen LogP contribution in [0.25, 0.3) is 16.9 Å². The third-order valence-corrected chi connectivity index (χ3v) is 4.63. The van der Waals surface area contributed by atoms with Crippen molar-refractivity contribution in [1.29, 1.82) is 0 Å². The summed E-state index contributed by atoms with van der Waals surface area (Å²) in [6, 6.07) is 11.3. The van der Waals surface area contributed by atoms with E-state index in [0.717, 1.165) is 28.2 Å². The molecule has 0 aliphatic heterocycles. The van der Waals surface area contributed by atoms with E-state index in [2.05, 4.69) is 20.3 Å². The van der Waals surface area contributed by atoms with E-state index in [-0.39, 0.29) is 11.9 Å². The number of fused-ring (bicyclic) bond motifs is 1. The standard InChI is InChI=1S/C20H20N6O/c1-14(26-13-24-17-5-3-4-6-18(17)26)20(27)23-12-16-7-8-22-19(11-16)25-10-9-21-15(25)2/h3-11,13-14H,12H2,1-2H3,(H,23,27)/t14-/m0/s1. The van der Waals surface area contributed by atoms with Crippen LogP contribution in [0, 0.1) is 6.92 Å². The zero-order valence-corrected chi connectivity index (χ0v) is 15.2. The topological polar surface area (TPSA) is 77.6 Å². The number of nitrogens with zero attached hydrogens (tertiary/aromatic N) is 5. The summed E-state index contributed by atoms with van der Waals surface area (Å²) in [6.07, 6.45) is 7.05. The first-order valence-electron chi connectivity index (χ1n) is 8.78. The molecule has 3 aromatic heterocycles. The number of rotatable bonds is 5. The number of benzene rings is 1. The van der Waals surface area contributed by atoms with Crippen molar-refractivity contribution in [3.8, 4) is 5.82 Å². The highest BCUT2D eigenvalue weighted by molar-refractivity contribution is 5.83. The van der Waals surface area contributed by atoms with Gasteiger partial charge in [0.2, 0.25) is 5.91 Å². The van der Waals surface area contributed by atoms with Gasteiger partial charge in [0, 0.05) is 25.1 Å². The van der Waals surface area contributed by atoms with Crippen LogP contribution in [0.2, 0.25) is 0 Å². The van der Waals surface area contributed by atoms with Crippen LogP contribution in [-0.2, 0) is 11.3 Å². The second-order valence-corrected chi connectivity index (χ2v) is 6.40. The highest BCUT2D eigenvalue weighted by Crippen LogP contribution is 2.17. The van der Waals surface area contributed by atoms with Gasteiger partial charge in [0.15, 0.2) is 0 Å². The SMILES string of the molecule is Cc1nccn1-c1cc(CNC(=O)[C@H](C)n2cnc3ccccc32)ccn1. The van der Waals surface area contributed by atoms with E-state index < -0.39 is 0 Å². The van der Waals surface area contributed by atoms with Gasteiger partial charge >= 0.3 is 0 Å². The number of carbonyl (C=O) groups excluding carboxylic acids is 1. The fourth-order valence-electron chi connectivity index (χ4n) is 3.07. The van der Waals surface area contributed by atoms with E-state index in [4.69, 9.17) is 0 Å². The Hall–Kier alpha value is -3.48. The van der Waals surface area contributed by atoms with Gasteiger partial charge in [0.1, 0.15) is 17.7 Å². The molecule has 7 heteroatoms. The van der Waals surface area contributed by atoms with Gasteiger partial charge in [-0.15, -0.1) is 0 Å². The molecule has 0 saturated carbocycles. The molecule has 1 atom stereocenters. The van der Waals surface area contributed by atoms with E-state index in [0.29, 0.717) is 6.54 Å². The molecule has 0 bridgehead atoms. The molecule has 0 aliphatic rings. The zero-order valence-electron chi connectivity index (χ0n) is 15.2. The highest BCUT2D eigenvalue weighted by Gasteiger charge is 2.17. The Morgan fingerprint density at radius 1 is 1.15 bits per heavy atom. The zero-order chi connectivity index (χ0) is 18.8. The minimum Gasteiger partial charge on any atom is -0.350 e. The molecular formula is C20H20N6O. The number of para-hydroxylation sites is 2. The van der Waals surface area contributed by atoms with Gasteiger partial charge < -0.3 is 9.88 Å². The van der Waals surface area contributed by atoms with Gasteiger partial charge in [-0.1, -0.05) is 12.1 Å². The summed E-state index contributed by atoms with van der Waals surface area (Å²) in [5, 5.41) is 3.00. The summed E-state index contributed by atoms with van der Waals surface area (Å²) in [7, 11) is 0. The lowest BCUT2D eigenvalue weighted by Crippen LogP contribution is -2.30. The molecule has 4 rings (SSSR count). The Balaban J connectivity index is 1.47. The Labute approximate surface area is 156 Å².